The number of rotatable bonds is 1. The second kappa shape index (κ2) is 3.84. The molecule has 2 N–H and O–H groups in total. The smallest absolute Gasteiger partial charge is 0.225 e. The monoisotopic (exact) mass is 375 g/mol. The van der Waals surface area contributed by atoms with Crippen LogP contribution in [0.25, 0.3) is 0 Å². The van der Waals surface area contributed by atoms with Gasteiger partial charge in [0, 0.05) is 8.04 Å². The van der Waals surface area contributed by atoms with Crippen molar-refractivity contribution < 1.29 is 8.42 Å². The first-order chi connectivity index (χ1) is 5.82. The van der Waals surface area contributed by atoms with E-state index in [1.807, 2.05) is 28.7 Å². The highest BCUT2D eigenvalue weighted by Gasteiger charge is 2.14. The molecule has 0 unspecified atom stereocenters. The van der Waals surface area contributed by atoms with Crippen molar-refractivity contribution in [3.63, 3.8) is 0 Å². The molecule has 0 aliphatic heterocycles. The van der Waals surface area contributed by atoms with Gasteiger partial charge < -0.3 is 0 Å². The molecular formula is C7H7BrINO2S. The number of benzene rings is 1. The zero-order valence-electron chi connectivity index (χ0n) is 6.71. The van der Waals surface area contributed by atoms with Crippen LogP contribution < -0.4 is 5.14 Å². The topological polar surface area (TPSA) is 60.2 Å². The summed E-state index contributed by atoms with van der Waals surface area (Å²) in [4.78, 5) is 0.172. The van der Waals surface area contributed by atoms with Gasteiger partial charge in [-0.15, -0.1) is 0 Å². The molecule has 3 nitrogen and oxygen atoms in total. The predicted octanol–water partition coefficient (Wildman–Crippen LogP) is 2.01. The molecule has 0 spiro atoms. The van der Waals surface area contributed by atoms with Crippen molar-refractivity contribution in [2.45, 2.75) is 11.8 Å². The standard InChI is InChI=1S/C7H7BrINO2S/c1-4-6(8)2-5(9)3-7(4)13(10,11)12/h2-3H,1H3,(H2,10,11,12). The molecule has 6 heteroatoms. The third-order valence-electron chi connectivity index (χ3n) is 1.57. The first-order valence-corrected chi connectivity index (χ1v) is 6.72. The lowest BCUT2D eigenvalue weighted by Gasteiger charge is -2.05. The molecule has 72 valence electrons. The van der Waals surface area contributed by atoms with Crippen LogP contribution in [0.1, 0.15) is 5.56 Å². The molecule has 0 atom stereocenters. The van der Waals surface area contributed by atoms with Crippen LogP contribution in [0.4, 0.5) is 0 Å². The van der Waals surface area contributed by atoms with Crippen molar-refractivity contribution in [3.8, 4) is 0 Å². The summed E-state index contributed by atoms with van der Waals surface area (Å²) in [7, 11) is -3.61. The molecule has 0 aliphatic carbocycles. The Labute approximate surface area is 99.0 Å². The predicted molar refractivity (Wildman–Crippen MR) is 63.0 cm³/mol. The largest absolute Gasteiger partial charge is 0.238 e. The van der Waals surface area contributed by atoms with Gasteiger partial charge in [0.2, 0.25) is 10.0 Å². The van der Waals surface area contributed by atoms with Gasteiger partial charge in [-0.2, -0.15) is 0 Å². The molecule has 0 radical (unpaired) electrons. The van der Waals surface area contributed by atoms with Crippen LogP contribution in [0.3, 0.4) is 0 Å². The molecule has 0 bridgehead atoms. The second-order valence-electron chi connectivity index (χ2n) is 2.56. The van der Waals surface area contributed by atoms with E-state index in [2.05, 4.69) is 15.9 Å². The van der Waals surface area contributed by atoms with E-state index < -0.39 is 10.0 Å². The maximum absolute atomic E-state index is 11.1. The highest BCUT2D eigenvalue weighted by atomic mass is 127. The lowest BCUT2D eigenvalue weighted by Crippen LogP contribution is -2.14. The molecule has 1 rings (SSSR count). The summed E-state index contributed by atoms with van der Waals surface area (Å²) in [5.41, 5.74) is 0.642. The summed E-state index contributed by atoms with van der Waals surface area (Å²) in [6, 6.07) is 3.39. The SMILES string of the molecule is Cc1c(Br)cc(I)cc1S(N)(=O)=O. The summed E-state index contributed by atoms with van der Waals surface area (Å²) in [5, 5.41) is 5.04. The van der Waals surface area contributed by atoms with Gasteiger partial charge in [0.15, 0.2) is 0 Å². The van der Waals surface area contributed by atoms with E-state index in [-0.39, 0.29) is 4.90 Å². The normalized spacial score (nSPS) is 11.7. The Morgan fingerprint density at radius 2 is 2.00 bits per heavy atom. The fraction of sp³-hybridized carbons (Fsp3) is 0.143. The summed E-state index contributed by atoms with van der Waals surface area (Å²) in [6.07, 6.45) is 0. The van der Waals surface area contributed by atoms with Crippen LogP contribution >= 0.6 is 38.5 Å². The minimum absolute atomic E-state index is 0.172. The number of sulfonamides is 1. The number of primary sulfonamides is 1. The van der Waals surface area contributed by atoms with E-state index in [0.29, 0.717) is 5.56 Å². The molecule has 1 aromatic carbocycles. The summed E-state index contributed by atoms with van der Waals surface area (Å²) < 4.78 is 23.8. The van der Waals surface area contributed by atoms with Gasteiger partial charge in [-0.3, -0.25) is 0 Å². The number of halogens is 2. The second-order valence-corrected chi connectivity index (χ2v) is 6.19. The Balaban J connectivity index is 3.56. The molecular weight excluding hydrogens is 369 g/mol. The summed E-state index contributed by atoms with van der Waals surface area (Å²) >= 11 is 5.30. The van der Waals surface area contributed by atoms with Gasteiger partial charge in [-0.1, -0.05) is 15.9 Å². The molecule has 0 saturated heterocycles. The van der Waals surface area contributed by atoms with Crippen molar-refractivity contribution >= 4 is 48.5 Å². The average molecular weight is 376 g/mol. The van der Waals surface area contributed by atoms with Crippen LogP contribution in [0.2, 0.25) is 0 Å². The summed E-state index contributed by atoms with van der Waals surface area (Å²) in [5.74, 6) is 0. The molecule has 0 aliphatic rings. The summed E-state index contributed by atoms with van der Waals surface area (Å²) in [6.45, 7) is 1.71. The fourth-order valence-electron chi connectivity index (χ4n) is 0.918. The quantitative estimate of drug-likeness (QED) is 0.763. The van der Waals surface area contributed by atoms with Gasteiger partial charge in [-0.05, 0) is 47.2 Å². The van der Waals surface area contributed by atoms with Crippen LogP contribution in [0.15, 0.2) is 21.5 Å². The maximum Gasteiger partial charge on any atom is 0.238 e. The van der Waals surface area contributed by atoms with Crippen molar-refractivity contribution in [2.75, 3.05) is 0 Å². The number of nitrogens with two attached hydrogens (primary N) is 1. The molecule has 0 fully saturated rings. The molecule has 13 heavy (non-hydrogen) atoms. The average Bonchev–Trinajstić information content (AvgIpc) is 1.94. The molecule has 0 heterocycles. The third-order valence-corrected chi connectivity index (χ3v) is 4.05. The van der Waals surface area contributed by atoms with Crippen LogP contribution in [-0.4, -0.2) is 8.42 Å². The zero-order valence-corrected chi connectivity index (χ0v) is 11.3. The molecule has 1 aromatic rings. The van der Waals surface area contributed by atoms with Gasteiger partial charge >= 0.3 is 0 Å². The number of hydrogen-bond acceptors (Lipinski definition) is 2. The Morgan fingerprint density at radius 3 is 2.46 bits per heavy atom. The molecule has 0 amide bonds. The maximum atomic E-state index is 11.1. The van der Waals surface area contributed by atoms with Gasteiger partial charge in [-0.25, -0.2) is 13.6 Å². The Hall–Kier alpha value is 0.340. The number of hydrogen-bond donors (Lipinski definition) is 1. The fourth-order valence-corrected chi connectivity index (χ4v) is 3.60. The van der Waals surface area contributed by atoms with E-state index in [9.17, 15) is 8.42 Å². The molecule has 0 saturated carbocycles. The van der Waals surface area contributed by atoms with Crippen molar-refractivity contribution in [2.24, 2.45) is 5.14 Å². The van der Waals surface area contributed by atoms with Crippen LogP contribution in [-0.2, 0) is 10.0 Å². The lowest BCUT2D eigenvalue weighted by molar-refractivity contribution is 0.597. The lowest BCUT2D eigenvalue weighted by atomic mass is 10.2. The zero-order chi connectivity index (χ0) is 10.2. The first kappa shape index (κ1) is 11.4. The third kappa shape index (κ3) is 2.64. The van der Waals surface area contributed by atoms with E-state index in [1.54, 1.807) is 13.0 Å². The Morgan fingerprint density at radius 1 is 1.46 bits per heavy atom. The van der Waals surface area contributed by atoms with Crippen LogP contribution in [0.5, 0.6) is 0 Å². The highest BCUT2D eigenvalue weighted by molar-refractivity contribution is 14.1. The Bertz CT molecular complexity index is 444. The Kier molecular flexibility index (Phi) is 3.37. The van der Waals surface area contributed by atoms with Crippen molar-refractivity contribution in [1.82, 2.24) is 0 Å². The van der Waals surface area contributed by atoms with Crippen LogP contribution in [0, 0.1) is 10.5 Å². The van der Waals surface area contributed by atoms with Gasteiger partial charge in [0.05, 0.1) is 4.90 Å². The van der Waals surface area contributed by atoms with Crippen molar-refractivity contribution in [1.29, 1.82) is 0 Å². The first-order valence-electron chi connectivity index (χ1n) is 3.31. The van der Waals surface area contributed by atoms with E-state index in [1.165, 1.54) is 0 Å². The van der Waals surface area contributed by atoms with E-state index >= 15 is 0 Å². The minimum Gasteiger partial charge on any atom is -0.225 e. The minimum atomic E-state index is -3.61. The molecule has 0 aromatic heterocycles. The highest BCUT2D eigenvalue weighted by Crippen LogP contribution is 2.25. The van der Waals surface area contributed by atoms with E-state index in [0.717, 1.165) is 8.04 Å². The van der Waals surface area contributed by atoms with E-state index in [4.69, 9.17) is 5.14 Å². The van der Waals surface area contributed by atoms with Crippen molar-refractivity contribution in [3.05, 3.63) is 25.7 Å². The van der Waals surface area contributed by atoms with Gasteiger partial charge in [0.25, 0.3) is 0 Å². The van der Waals surface area contributed by atoms with Gasteiger partial charge in [0.1, 0.15) is 0 Å².